The largest absolute Gasteiger partial charge is 0.414 e. The van der Waals surface area contributed by atoms with Gasteiger partial charge in [0.1, 0.15) is 23.8 Å². The van der Waals surface area contributed by atoms with Gasteiger partial charge in [0.05, 0.1) is 12.9 Å². The Morgan fingerprint density at radius 3 is 2.14 bits per heavy atom. The van der Waals surface area contributed by atoms with E-state index in [4.69, 9.17) is 29.2 Å². The maximum atomic E-state index is 11.5. The Hall–Kier alpha value is -1.62. The van der Waals surface area contributed by atoms with Gasteiger partial charge < -0.3 is 34.3 Å². The Morgan fingerprint density at radius 1 is 0.971 bits per heavy atom. The first-order valence-electron chi connectivity index (χ1n) is 12.4. The van der Waals surface area contributed by atoms with Gasteiger partial charge in [0.25, 0.3) is 0 Å². The number of nitrogens with zero attached hydrogens (tertiary/aromatic N) is 4. The summed E-state index contributed by atoms with van der Waals surface area (Å²) >= 11 is 0. The molecule has 2 saturated heterocycles. The van der Waals surface area contributed by atoms with Crippen LogP contribution in [0.15, 0.2) is 6.33 Å². The Kier molecular flexibility index (Phi) is 7.07. The van der Waals surface area contributed by atoms with Gasteiger partial charge in [-0.2, -0.15) is 9.97 Å². The summed E-state index contributed by atoms with van der Waals surface area (Å²) in [6.45, 7) is 17.5. The molecule has 0 radical (unpaired) electrons. The van der Waals surface area contributed by atoms with Crippen LogP contribution in [0.25, 0.3) is 11.2 Å². The fourth-order valence-electron chi connectivity index (χ4n) is 5.51. The number of hydrogen-bond donors (Lipinski definition) is 3. The zero-order chi connectivity index (χ0) is 25.9. The summed E-state index contributed by atoms with van der Waals surface area (Å²) in [6, 6.07) is 0. The number of nitrogen functional groups attached to an aromatic ring is 2. The standard InChI is InChI=1S/C22H40N6O5Si2/c1-11(2)34(12(3)4)30-9-15-18(32-35(33-34,13(5)6)14(7)8)17(29)21(31-15)28-10-25-16-19(23)26-22(24)27-20(16)28/h10-15,17-18,21,29H,9H2,1-8H3,(H4,23,24,26,27)/t15-,17-,18-,21-/m1/s1. The third-order valence-corrected chi connectivity index (χ3v) is 17.6. The van der Waals surface area contributed by atoms with Gasteiger partial charge >= 0.3 is 17.1 Å². The van der Waals surface area contributed by atoms with E-state index in [9.17, 15) is 5.11 Å². The third kappa shape index (κ3) is 4.20. The first-order valence-corrected chi connectivity index (χ1v) is 16.4. The Bertz CT molecular complexity index is 1050. The van der Waals surface area contributed by atoms with Crippen molar-refractivity contribution < 1.29 is 22.8 Å². The van der Waals surface area contributed by atoms with Gasteiger partial charge in [-0.25, -0.2) is 4.98 Å². The zero-order valence-electron chi connectivity index (χ0n) is 21.9. The monoisotopic (exact) mass is 524 g/mol. The molecular weight excluding hydrogens is 484 g/mol. The topological polar surface area (TPSA) is 153 Å². The molecule has 11 nitrogen and oxygen atoms in total. The number of anilines is 2. The summed E-state index contributed by atoms with van der Waals surface area (Å²) in [5, 5.41) is 11.5. The number of fused-ring (bicyclic) bond motifs is 2. The number of aliphatic hydroxyl groups excluding tert-OH is 1. The predicted octanol–water partition coefficient (Wildman–Crippen LogP) is 3.21. The molecular formula is C22H40N6O5Si2. The minimum absolute atomic E-state index is 0.0268. The van der Waals surface area contributed by atoms with Crippen LogP contribution in [-0.4, -0.2) is 66.7 Å². The quantitative estimate of drug-likeness (QED) is 0.497. The van der Waals surface area contributed by atoms with E-state index >= 15 is 0 Å². The fraction of sp³-hybridized carbons (Fsp3) is 0.773. The second kappa shape index (κ2) is 9.36. The number of rotatable bonds is 5. The summed E-state index contributed by atoms with van der Waals surface area (Å²) in [6.07, 6.45) is -1.38. The predicted molar refractivity (Wildman–Crippen MR) is 138 cm³/mol. The van der Waals surface area contributed by atoms with Crippen LogP contribution in [0.3, 0.4) is 0 Å². The van der Waals surface area contributed by atoms with E-state index < -0.39 is 41.7 Å². The second-order valence-electron chi connectivity index (χ2n) is 10.9. The molecule has 4 heterocycles. The summed E-state index contributed by atoms with van der Waals surface area (Å²) in [5.74, 6) is 0.201. The van der Waals surface area contributed by atoms with Crippen LogP contribution in [-0.2, 0) is 17.7 Å². The summed E-state index contributed by atoms with van der Waals surface area (Å²) in [7, 11) is -5.60. The lowest BCUT2D eigenvalue weighted by Crippen LogP contribution is -2.65. The molecule has 0 saturated carbocycles. The lowest BCUT2D eigenvalue weighted by molar-refractivity contribution is -0.0570. The molecule has 4 atom stereocenters. The third-order valence-electron chi connectivity index (χ3n) is 7.38. The lowest BCUT2D eigenvalue weighted by atomic mass is 10.1. The van der Waals surface area contributed by atoms with Gasteiger partial charge in [-0.15, -0.1) is 0 Å². The van der Waals surface area contributed by atoms with Crippen molar-refractivity contribution in [2.45, 2.75) is 102 Å². The normalized spacial score (nSPS) is 28.7. The average molecular weight is 525 g/mol. The molecule has 4 rings (SSSR count). The highest BCUT2D eigenvalue weighted by molar-refractivity contribution is 6.84. The first-order chi connectivity index (χ1) is 16.3. The Balaban J connectivity index is 1.78. The van der Waals surface area contributed by atoms with Crippen LogP contribution in [0, 0.1) is 0 Å². The average Bonchev–Trinajstić information content (AvgIpc) is 3.28. The second-order valence-corrected chi connectivity index (χ2v) is 19.7. The summed E-state index contributed by atoms with van der Waals surface area (Å²) in [4.78, 5) is 12.6. The summed E-state index contributed by atoms with van der Waals surface area (Å²) < 4.78 is 29.0. The fourth-order valence-corrected chi connectivity index (χ4v) is 16.7. The van der Waals surface area contributed by atoms with Gasteiger partial charge in [-0.1, -0.05) is 55.4 Å². The first kappa shape index (κ1) is 26.4. The van der Waals surface area contributed by atoms with Crippen molar-refractivity contribution in [2.75, 3.05) is 18.1 Å². The van der Waals surface area contributed by atoms with Gasteiger partial charge in [0, 0.05) is 0 Å². The highest BCUT2D eigenvalue weighted by Crippen LogP contribution is 2.48. The number of hydrogen-bond acceptors (Lipinski definition) is 10. The molecule has 35 heavy (non-hydrogen) atoms. The molecule has 2 aliphatic rings. The SMILES string of the molecule is CC(C)[Si]1(C(C)C)OC[C@H]2O[C@@H](n3cnc4c(N)nc(N)nc43)[C@H](O)[C@@H]2O[Si](C(C)C)(C(C)C)O1. The minimum Gasteiger partial charge on any atom is -0.414 e. The van der Waals surface area contributed by atoms with Gasteiger partial charge in [-0.3, -0.25) is 4.57 Å². The van der Waals surface area contributed by atoms with E-state index in [2.05, 4.69) is 70.3 Å². The molecule has 2 aromatic heterocycles. The molecule has 0 unspecified atom stereocenters. The van der Waals surface area contributed by atoms with E-state index in [-0.39, 0.29) is 40.5 Å². The van der Waals surface area contributed by atoms with Crippen molar-refractivity contribution in [3.05, 3.63) is 6.33 Å². The molecule has 0 aromatic carbocycles. The Morgan fingerprint density at radius 2 is 1.57 bits per heavy atom. The van der Waals surface area contributed by atoms with Gasteiger partial charge in [0.2, 0.25) is 5.95 Å². The molecule has 196 valence electrons. The van der Waals surface area contributed by atoms with Crippen molar-refractivity contribution in [2.24, 2.45) is 0 Å². The maximum Gasteiger partial charge on any atom is 0.335 e. The molecule has 2 aliphatic heterocycles. The van der Waals surface area contributed by atoms with Crippen molar-refractivity contribution in [1.29, 1.82) is 0 Å². The van der Waals surface area contributed by atoms with Crippen molar-refractivity contribution in [3.8, 4) is 0 Å². The van der Waals surface area contributed by atoms with E-state index in [1.165, 1.54) is 6.33 Å². The van der Waals surface area contributed by atoms with E-state index in [0.717, 1.165) is 0 Å². The summed E-state index contributed by atoms with van der Waals surface area (Å²) in [5.41, 5.74) is 13.3. The van der Waals surface area contributed by atoms with Crippen LogP contribution in [0.2, 0.25) is 22.2 Å². The van der Waals surface area contributed by atoms with E-state index in [0.29, 0.717) is 11.2 Å². The number of ether oxygens (including phenoxy) is 1. The van der Waals surface area contributed by atoms with Crippen LogP contribution >= 0.6 is 0 Å². The highest BCUT2D eigenvalue weighted by Gasteiger charge is 2.61. The van der Waals surface area contributed by atoms with Crippen LogP contribution in [0.5, 0.6) is 0 Å². The number of nitrogens with two attached hydrogens (primary N) is 2. The van der Waals surface area contributed by atoms with Crippen LogP contribution < -0.4 is 11.5 Å². The zero-order valence-corrected chi connectivity index (χ0v) is 23.9. The number of aliphatic hydroxyl groups is 1. The minimum atomic E-state index is -2.89. The van der Waals surface area contributed by atoms with Crippen LogP contribution in [0.4, 0.5) is 11.8 Å². The number of aromatic nitrogens is 4. The molecule has 0 spiro atoms. The van der Waals surface area contributed by atoms with Crippen molar-refractivity contribution >= 4 is 40.1 Å². The van der Waals surface area contributed by atoms with Crippen LogP contribution in [0.1, 0.15) is 61.6 Å². The highest BCUT2D eigenvalue weighted by atomic mass is 28.5. The molecule has 5 N–H and O–H groups in total. The smallest absolute Gasteiger partial charge is 0.335 e. The molecule has 2 fully saturated rings. The molecule has 0 aliphatic carbocycles. The molecule has 2 aromatic rings. The maximum absolute atomic E-state index is 11.5. The molecule has 0 bridgehead atoms. The van der Waals surface area contributed by atoms with Gasteiger partial charge in [-0.05, 0) is 22.2 Å². The lowest BCUT2D eigenvalue weighted by Gasteiger charge is -2.51. The van der Waals surface area contributed by atoms with Gasteiger partial charge in [0.15, 0.2) is 17.7 Å². The van der Waals surface area contributed by atoms with E-state index in [1.54, 1.807) is 4.57 Å². The van der Waals surface area contributed by atoms with E-state index in [1.807, 2.05) is 0 Å². The molecule has 13 heteroatoms. The molecule has 0 amide bonds. The van der Waals surface area contributed by atoms with Crippen molar-refractivity contribution in [3.63, 3.8) is 0 Å². The number of imidazole rings is 1. The van der Waals surface area contributed by atoms with Crippen molar-refractivity contribution in [1.82, 2.24) is 19.5 Å². The Labute approximate surface area is 209 Å².